The van der Waals surface area contributed by atoms with Crippen molar-refractivity contribution in [1.29, 1.82) is 0 Å². The lowest BCUT2D eigenvalue weighted by atomic mass is 10.0. The molecule has 0 bridgehead atoms. The molecule has 0 aliphatic rings. The van der Waals surface area contributed by atoms with Crippen molar-refractivity contribution in [3.05, 3.63) is 107 Å². The lowest BCUT2D eigenvalue weighted by Crippen LogP contribution is -2.48. The Morgan fingerprint density at radius 1 is 0.793 bits per heavy atom. The van der Waals surface area contributed by atoms with Gasteiger partial charge in [-0.15, -0.1) is 0 Å². The summed E-state index contributed by atoms with van der Waals surface area (Å²) in [7, 11) is 0. The highest BCUT2D eigenvalue weighted by molar-refractivity contribution is 5.97. The molecule has 3 aromatic carbocycles. The van der Waals surface area contributed by atoms with Crippen LogP contribution in [0.3, 0.4) is 0 Å². The number of carbonyl (C=O) groups is 2. The summed E-state index contributed by atoms with van der Waals surface area (Å²) in [6, 6.07) is 23.9. The molecule has 1 atom stereocenters. The Balaban J connectivity index is 1.63. The number of hydrogen-bond donors (Lipinski definition) is 2. The van der Waals surface area contributed by atoms with Crippen LogP contribution in [-0.4, -0.2) is 24.4 Å². The van der Waals surface area contributed by atoms with Crippen LogP contribution < -0.4 is 10.6 Å². The average Bonchev–Trinajstić information content (AvgIpc) is 2.76. The highest BCUT2D eigenvalue weighted by Gasteiger charge is 2.21. The quantitative estimate of drug-likeness (QED) is 0.618. The van der Waals surface area contributed by atoms with Crippen LogP contribution in [0.5, 0.6) is 0 Å². The van der Waals surface area contributed by atoms with Crippen LogP contribution in [0.4, 0.5) is 4.39 Å². The normalized spacial score (nSPS) is 11.5. The Morgan fingerprint density at radius 3 is 2.07 bits per heavy atom. The van der Waals surface area contributed by atoms with Gasteiger partial charge in [0.05, 0.1) is 0 Å². The molecule has 0 aromatic heterocycles. The van der Waals surface area contributed by atoms with E-state index in [1.54, 1.807) is 36.4 Å². The fraction of sp³-hybridized carbons (Fsp3) is 0.167. The molecular weight excluding hydrogens is 367 g/mol. The minimum Gasteiger partial charge on any atom is -0.354 e. The van der Waals surface area contributed by atoms with E-state index in [9.17, 15) is 14.0 Å². The van der Waals surface area contributed by atoms with Gasteiger partial charge in [-0.25, -0.2) is 4.39 Å². The van der Waals surface area contributed by atoms with Crippen LogP contribution in [0, 0.1) is 5.82 Å². The Labute approximate surface area is 169 Å². The maximum Gasteiger partial charge on any atom is 0.251 e. The molecule has 2 amide bonds. The molecular formula is C24H23FN2O2. The summed E-state index contributed by atoms with van der Waals surface area (Å²) in [5.41, 5.74) is 2.39. The van der Waals surface area contributed by atoms with Crippen LogP contribution >= 0.6 is 0 Å². The van der Waals surface area contributed by atoms with Gasteiger partial charge in [0.1, 0.15) is 11.9 Å². The van der Waals surface area contributed by atoms with Crippen LogP contribution in [0.2, 0.25) is 0 Å². The maximum absolute atomic E-state index is 13.0. The second kappa shape index (κ2) is 10.2. The third kappa shape index (κ3) is 6.28. The number of carbonyl (C=O) groups excluding carboxylic acids is 2. The zero-order valence-corrected chi connectivity index (χ0v) is 16.0. The lowest BCUT2D eigenvalue weighted by Gasteiger charge is -2.19. The molecule has 148 valence electrons. The van der Waals surface area contributed by atoms with Gasteiger partial charge in [0, 0.05) is 18.5 Å². The van der Waals surface area contributed by atoms with Crippen LogP contribution in [-0.2, 0) is 17.6 Å². The SMILES string of the molecule is O=C(NC(Cc1ccccc1)C(=O)NCCc1ccc(F)cc1)c1ccccc1. The molecule has 0 fully saturated rings. The second-order valence-electron chi connectivity index (χ2n) is 6.75. The number of halogens is 1. The van der Waals surface area contributed by atoms with Crippen LogP contribution in [0.15, 0.2) is 84.9 Å². The molecule has 0 saturated heterocycles. The minimum atomic E-state index is -0.696. The standard InChI is InChI=1S/C24H23FN2O2/c25-21-13-11-18(12-14-21)15-16-26-24(29)22(17-19-7-3-1-4-8-19)27-23(28)20-9-5-2-6-10-20/h1-14,22H,15-17H2,(H,26,29)(H,27,28). The number of benzene rings is 3. The molecule has 0 aliphatic heterocycles. The first-order valence-electron chi connectivity index (χ1n) is 9.54. The molecule has 0 saturated carbocycles. The summed E-state index contributed by atoms with van der Waals surface area (Å²) in [4.78, 5) is 25.3. The molecule has 3 rings (SSSR count). The van der Waals surface area contributed by atoms with E-state index in [2.05, 4.69) is 10.6 Å². The van der Waals surface area contributed by atoms with E-state index < -0.39 is 6.04 Å². The Morgan fingerprint density at radius 2 is 1.41 bits per heavy atom. The smallest absolute Gasteiger partial charge is 0.251 e. The van der Waals surface area contributed by atoms with Crippen LogP contribution in [0.1, 0.15) is 21.5 Å². The summed E-state index contributed by atoms with van der Waals surface area (Å²) < 4.78 is 13.0. The van der Waals surface area contributed by atoms with Crippen molar-refractivity contribution in [3.8, 4) is 0 Å². The van der Waals surface area contributed by atoms with Gasteiger partial charge in [-0.05, 0) is 41.8 Å². The van der Waals surface area contributed by atoms with E-state index in [1.165, 1.54) is 12.1 Å². The van der Waals surface area contributed by atoms with E-state index in [4.69, 9.17) is 0 Å². The monoisotopic (exact) mass is 390 g/mol. The van der Waals surface area contributed by atoms with Gasteiger partial charge < -0.3 is 10.6 Å². The topological polar surface area (TPSA) is 58.2 Å². The van der Waals surface area contributed by atoms with E-state index in [1.807, 2.05) is 36.4 Å². The van der Waals surface area contributed by atoms with Gasteiger partial charge in [-0.2, -0.15) is 0 Å². The molecule has 0 spiro atoms. The summed E-state index contributed by atoms with van der Waals surface area (Å²) in [5.74, 6) is -0.829. The summed E-state index contributed by atoms with van der Waals surface area (Å²) in [6.07, 6.45) is 0.971. The molecule has 0 radical (unpaired) electrons. The predicted molar refractivity (Wildman–Crippen MR) is 111 cm³/mol. The predicted octanol–water partition coefficient (Wildman–Crippen LogP) is 3.53. The first-order valence-corrected chi connectivity index (χ1v) is 9.54. The average molecular weight is 390 g/mol. The lowest BCUT2D eigenvalue weighted by molar-refractivity contribution is -0.122. The molecule has 3 aromatic rings. The molecule has 0 heterocycles. The van der Waals surface area contributed by atoms with Crippen molar-refractivity contribution in [2.75, 3.05) is 6.54 Å². The molecule has 1 unspecified atom stereocenters. The number of nitrogens with one attached hydrogen (secondary N) is 2. The molecule has 29 heavy (non-hydrogen) atoms. The summed E-state index contributed by atoms with van der Waals surface area (Å²) in [6.45, 7) is 0.400. The van der Waals surface area contributed by atoms with Crippen molar-refractivity contribution in [2.45, 2.75) is 18.9 Å². The largest absolute Gasteiger partial charge is 0.354 e. The fourth-order valence-electron chi connectivity index (χ4n) is 2.99. The van der Waals surface area contributed by atoms with Gasteiger partial charge in [0.2, 0.25) is 5.91 Å². The van der Waals surface area contributed by atoms with Gasteiger partial charge in [-0.3, -0.25) is 9.59 Å². The minimum absolute atomic E-state index is 0.250. The number of hydrogen-bond acceptors (Lipinski definition) is 2. The summed E-state index contributed by atoms with van der Waals surface area (Å²) in [5, 5.41) is 5.71. The van der Waals surface area contributed by atoms with Gasteiger partial charge in [0.15, 0.2) is 0 Å². The Kier molecular flexibility index (Phi) is 7.11. The Hall–Kier alpha value is -3.47. The van der Waals surface area contributed by atoms with E-state index in [-0.39, 0.29) is 17.6 Å². The van der Waals surface area contributed by atoms with Crippen molar-refractivity contribution >= 4 is 11.8 Å². The molecule has 2 N–H and O–H groups in total. The van der Waals surface area contributed by atoms with Crippen molar-refractivity contribution < 1.29 is 14.0 Å². The first kappa shape index (κ1) is 20.3. The maximum atomic E-state index is 13.0. The number of rotatable bonds is 8. The van der Waals surface area contributed by atoms with Crippen LogP contribution in [0.25, 0.3) is 0 Å². The summed E-state index contributed by atoms with van der Waals surface area (Å²) >= 11 is 0. The van der Waals surface area contributed by atoms with E-state index in [0.29, 0.717) is 24.9 Å². The molecule has 4 nitrogen and oxygen atoms in total. The van der Waals surface area contributed by atoms with Crippen molar-refractivity contribution in [1.82, 2.24) is 10.6 Å². The second-order valence-corrected chi connectivity index (χ2v) is 6.75. The highest BCUT2D eigenvalue weighted by Crippen LogP contribution is 2.07. The molecule has 0 aliphatic carbocycles. The number of amides is 2. The van der Waals surface area contributed by atoms with Crippen molar-refractivity contribution in [2.24, 2.45) is 0 Å². The first-order chi connectivity index (χ1) is 14.1. The third-order valence-corrected chi connectivity index (χ3v) is 4.57. The van der Waals surface area contributed by atoms with E-state index >= 15 is 0 Å². The van der Waals surface area contributed by atoms with E-state index in [0.717, 1.165) is 11.1 Å². The van der Waals surface area contributed by atoms with Crippen molar-refractivity contribution in [3.63, 3.8) is 0 Å². The molecule has 5 heteroatoms. The van der Waals surface area contributed by atoms with Gasteiger partial charge in [0.25, 0.3) is 5.91 Å². The fourth-order valence-corrected chi connectivity index (χ4v) is 2.99. The van der Waals surface area contributed by atoms with Gasteiger partial charge >= 0.3 is 0 Å². The Bertz CT molecular complexity index is 928. The zero-order chi connectivity index (χ0) is 20.5. The zero-order valence-electron chi connectivity index (χ0n) is 16.0. The highest BCUT2D eigenvalue weighted by atomic mass is 19.1. The van der Waals surface area contributed by atoms with Gasteiger partial charge in [-0.1, -0.05) is 60.7 Å². The third-order valence-electron chi connectivity index (χ3n) is 4.57.